The number of aromatic nitrogens is 4. The quantitative estimate of drug-likeness (QED) is 0.831. The summed E-state index contributed by atoms with van der Waals surface area (Å²) >= 11 is 0. The molecule has 2 atom stereocenters. The molecule has 1 saturated heterocycles. The van der Waals surface area contributed by atoms with Crippen molar-refractivity contribution in [3.63, 3.8) is 0 Å². The van der Waals surface area contributed by atoms with Crippen LogP contribution in [0.4, 0.5) is 0 Å². The number of aryl methyl sites for hydroxylation is 1. The largest absolute Gasteiger partial charge is 0.373 e. The molecule has 0 amide bonds. The Morgan fingerprint density at radius 1 is 1.23 bits per heavy atom. The van der Waals surface area contributed by atoms with Gasteiger partial charge in [-0.1, -0.05) is 19.3 Å². The third-order valence-corrected chi connectivity index (χ3v) is 5.94. The highest BCUT2D eigenvalue weighted by atomic mass is 16.5. The number of rotatable bonds is 6. The number of nitrogens with one attached hydrogen (secondary N) is 2. The molecule has 1 saturated carbocycles. The van der Waals surface area contributed by atoms with E-state index in [4.69, 9.17) is 9.84 Å². The molecule has 142 valence electrons. The van der Waals surface area contributed by atoms with Gasteiger partial charge in [0.15, 0.2) is 0 Å². The standard InChI is InChI=1S/C20H31N5O/c1-25-14-18(19(24-25)15-6-3-2-4-7-15)11-21-10-16-8-5-9-26-20(16)17-12-22-23-13-17/h12-16,20-21H,2-11H2,1H3,(H,22,23)/t16-,20+/m0/s1. The summed E-state index contributed by atoms with van der Waals surface area (Å²) in [6.07, 6.45) is 15.2. The molecule has 6 heteroatoms. The zero-order valence-corrected chi connectivity index (χ0v) is 15.8. The highest BCUT2D eigenvalue weighted by Crippen LogP contribution is 2.34. The van der Waals surface area contributed by atoms with Gasteiger partial charge < -0.3 is 10.1 Å². The Hall–Kier alpha value is -1.66. The smallest absolute Gasteiger partial charge is 0.0895 e. The zero-order chi connectivity index (χ0) is 17.8. The van der Waals surface area contributed by atoms with Crippen molar-refractivity contribution in [3.8, 4) is 0 Å². The second kappa shape index (κ2) is 8.35. The SMILES string of the molecule is Cn1cc(CNC[C@@H]2CCCO[C@H]2c2cn[nH]c2)c(C2CCCCC2)n1. The second-order valence-electron chi connectivity index (χ2n) is 7.90. The molecule has 4 rings (SSSR count). The van der Waals surface area contributed by atoms with Crippen molar-refractivity contribution in [2.24, 2.45) is 13.0 Å². The summed E-state index contributed by atoms with van der Waals surface area (Å²) < 4.78 is 8.03. The van der Waals surface area contributed by atoms with Gasteiger partial charge in [0.1, 0.15) is 0 Å². The molecule has 1 aliphatic heterocycles. The Kier molecular flexibility index (Phi) is 5.70. The Morgan fingerprint density at radius 3 is 2.92 bits per heavy atom. The fourth-order valence-corrected chi connectivity index (χ4v) is 4.64. The van der Waals surface area contributed by atoms with E-state index >= 15 is 0 Å². The van der Waals surface area contributed by atoms with Crippen LogP contribution < -0.4 is 5.32 Å². The van der Waals surface area contributed by atoms with Crippen LogP contribution in [0.3, 0.4) is 0 Å². The lowest BCUT2D eigenvalue weighted by Crippen LogP contribution is -2.31. The molecule has 3 heterocycles. The first-order valence-electron chi connectivity index (χ1n) is 10.1. The number of hydrogen-bond donors (Lipinski definition) is 2. The maximum Gasteiger partial charge on any atom is 0.0895 e. The third-order valence-electron chi connectivity index (χ3n) is 5.94. The van der Waals surface area contributed by atoms with Crippen molar-refractivity contribution >= 4 is 0 Å². The van der Waals surface area contributed by atoms with Gasteiger partial charge >= 0.3 is 0 Å². The Labute approximate surface area is 155 Å². The highest BCUT2D eigenvalue weighted by Gasteiger charge is 2.28. The summed E-state index contributed by atoms with van der Waals surface area (Å²) in [5.41, 5.74) is 3.86. The fourth-order valence-electron chi connectivity index (χ4n) is 4.64. The molecule has 0 aromatic carbocycles. The predicted molar refractivity (Wildman–Crippen MR) is 101 cm³/mol. The van der Waals surface area contributed by atoms with Crippen molar-refractivity contribution in [2.75, 3.05) is 13.2 Å². The summed E-state index contributed by atoms with van der Waals surface area (Å²) in [5.74, 6) is 1.15. The van der Waals surface area contributed by atoms with Crippen LogP contribution in [-0.2, 0) is 18.3 Å². The number of ether oxygens (including phenoxy) is 1. The topological polar surface area (TPSA) is 67.8 Å². The summed E-state index contributed by atoms with van der Waals surface area (Å²) in [4.78, 5) is 0. The number of H-pyrrole nitrogens is 1. The summed E-state index contributed by atoms with van der Waals surface area (Å²) in [7, 11) is 2.04. The molecule has 0 radical (unpaired) electrons. The van der Waals surface area contributed by atoms with Gasteiger partial charge in [-0.05, 0) is 25.7 Å². The van der Waals surface area contributed by atoms with Gasteiger partial charge in [0, 0.05) is 62.1 Å². The first kappa shape index (κ1) is 17.7. The Bertz CT molecular complexity index is 674. The normalized spacial score (nSPS) is 24.8. The summed E-state index contributed by atoms with van der Waals surface area (Å²) in [6.45, 7) is 2.71. The van der Waals surface area contributed by atoms with Gasteiger partial charge in [0.05, 0.1) is 18.0 Å². The van der Waals surface area contributed by atoms with E-state index in [0.29, 0.717) is 11.8 Å². The van der Waals surface area contributed by atoms with Crippen LogP contribution in [0.5, 0.6) is 0 Å². The lowest BCUT2D eigenvalue weighted by Gasteiger charge is -2.31. The van der Waals surface area contributed by atoms with Gasteiger partial charge in [-0.25, -0.2) is 0 Å². The molecule has 0 unspecified atom stereocenters. The fraction of sp³-hybridized carbons (Fsp3) is 0.700. The third kappa shape index (κ3) is 4.01. The molecule has 26 heavy (non-hydrogen) atoms. The van der Waals surface area contributed by atoms with Crippen LogP contribution >= 0.6 is 0 Å². The highest BCUT2D eigenvalue weighted by molar-refractivity contribution is 5.21. The zero-order valence-electron chi connectivity index (χ0n) is 15.8. The number of nitrogens with zero attached hydrogens (tertiary/aromatic N) is 3. The predicted octanol–water partition coefficient (Wildman–Crippen LogP) is 3.45. The van der Waals surface area contributed by atoms with E-state index in [9.17, 15) is 0 Å². The first-order valence-corrected chi connectivity index (χ1v) is 10.1. The minimum Gasteiger partial charge on any atom is -0.373 e. The summed E-state index contributed by atoms with van der Waals surface area (Å²) in [5, 5.41) is 15.5. The first-order chi connectivity index (χ1) is 12.8. The van der Waals surface area contributed by atoms with E-state index in [-0.39, 0.29) is 6.10 Å². The molecular weight excluding hydrogens is 326 g/mol. The minimum absolute atomic E-state index is 0.154. The molecule has 0 bridgehead atoms. The van der Waals surface area contributed by atoms with E-state index in [1.165, 1.54) is 55.3 Å². The van der Waals surface area contributed by atoms with Crippen LogP contribution in [0.25, 0.3) is 0 Å². The van der Waals surface area contributed by atoms with Gasteiger partial charge in [0.25, 0.3) is 0 Å². The molecule has 0 spiro atoms. The van der Waals surface area contributed by atoms with E-state index < -0.39 is 0 Å². The van der Waals surface area contributed by atoms with Crippen molar-refractivity contribution in [1.82, 2.24) is 25.3 Å². The maximum absolute atomic E-state index is 6.04. The molecule has 2 aromatic rings. The van der Waals surface area contributed by atoms with Gasteiger partial charge in [-0.15, -0.1) is 0 Å². The Morgan fingerprint density at radius 2 is 2.12 bits per heavy atom. The van der Waals surface area contributed by atoms with Crippen molar-refractivity contribution in [3.05, 3.63) is 35.4 Å². The molecule has 2 aliphatic rings. The molecule has 2 fully saturated rings. The van der Waals surface area contributed by atoms with Crippen molar-refractivity contribution < 1.29 is 4.74 Å². The Balaban J connectivity index is 1.37. The lowest BCUT2D eigenvalue weighted by molar-refractivity contribution is -0.0278. The number of aromatic amines is 1. The molecular formula is C20H31N5O. The lowest BCUT2D eigenvalue weighted by atomic mass is 9.85. The summed E-state index contributed by atoms with van der Waals surface area (Å²) in [6, 6.07) is 0. The minimum atomic E-state index is 0.154. The van der Waals surface area contributed by atoms with E-state index in [1.54, 1.807) is 0 Å². The van der Waals surface area contributed by atoms with E-state index in [0.717, 1.165) is 26.1 Å². The van der Waals surface area contributed by atoms with Crippen LogP contribution in [0.1, 0.15) is 73.8 Å². The number of hydrogen-bond acceptors (Lipinski definition) is 4. The average Bonchev–Trinajstić information content (AvgIpc) is 3.33. The van der Waals surface area contributed by atoms with Crippen LogP contribution in [-0.4, -0.2) is 33.1 Å². The van der Waals surface area contributed by atoms with Crippen molar-refractivity contribution in [2.45, 2.75) is 63.5 Å². The average molecular weight is 358 g/mol. The van der Waals surface area contributed by atoms with Gasteiger partial charge in [0.2, 0.25) is 0 Å². The van der Waals surface area contributed by atoms with E-state index in [2.05, 4.69) is 21.7 Å². The molecule has 2 N–H and O–H groups in total. The van der Waals surface area contributed by atoms with Gasteiger partial charge in [-0.3, -0.25) is 9.78 Å². The maximum atomic E-state index is 6.04. The van der Waals surface area contributed by atoms with E-state index in [1.807, 2.05) is 24.1 Å². The van der Waals surface area contributed by atoms with Gasteiger partial charge in [-0.2, -0.15) is 10.2 Å². The monoisotopic (exact) mass is 357 g/mol. The van der Waals surface area contributed by atoms with Crippen LogP contribution in [0.15, 0.2) is 18.6 Å². The molecule has 6 nitrogen and oxygen atoms in total. The molecule has 2 aromatic heterocycles. The van der Waals surface area contributed by atoms with Crippen LogP contribution in [0, 0.1) is 5.92 Å². The van der Waals surface area contributed by atoms with Crippen molar-refractivity contribution in [1.29, 1.82) is 0 Å². The van der Waals surface area contributed by atoms with Crippen LogP contribution in [0.2, 0.25) is 0 Å². The molecule has 1 aliphatic carbocycles. The second-order valence-corrected chi connectivity index (χ2v) is 7.90.